The zero-order chi connectivity index (χ0) is 20.0. The van der Waals surface area contributed by atoms with Gasteiger partial charge in [-0.2, -0.15) is 0 Å². The number of rotatable bonds is 7. The molecule has 0 aromatic heterocycles. The van der Waals surface area contributed by atoms with E-state index in [0.717, 1.165) is 17.5 Å². The Bertz CT molecular complexity index is 889. The van der Waals surface area contributed by atoms with Crippen molar-refractivity contribution in [1.82, 2.24) is 4.90 Å². The minimum Gasteiger partial charge on any atom is -0.325 e. The lowest BCUT2D eigenvalue weighted by Gasteiger charge is -2.19. The number of para-hydroxylation sites is 1. The van der Waals surface area contributed by atoms with Crippen LogP contribution < -0.4 is 10.0 Å². The van der Waals surface area contributed by atoms with Crippen molar-refractivity contribution in [1.29, 1.82) is 0 Å². The number of urea groups is 1. The number of carbonyl (C=O) groups excluding carboxylic acids is 1. The van der Waals surface area contributed by atoms with E-state index in [1.54, 1.807) is 17.0 Å². The Morgan fingerprint density at radius 2 is 1.63 bits per heavy atom. The molecule has 27 heavy (non-hydrogen) atoms. The van der Waals surface area contributed by atoms with Crippen molar-refractivity contribution in [2.45, 2.75) is 39.0 Å². The molecule has 0 spiro atoms. The third-order valence-electron chi connectivity index (χ3n) is 4.44. The van der Waals surface area contributed by atoms with Gasteiger partial charge in [0.2, 0.25) is 0 Å². The van der Waals surface area contributed by atoms with Crippen LogP contribution in [-0.2, 0) is 16.4 Å². The second-order valence-corrected chi connectivity index (χ2v) is 7.88. The number of carbonyl (C=O) groups is 1. The summed E-state index contributed by atoms with van der Waals surface area (Å²) in [4.78, 5) is 13.9. The molecule has 2 amide bonds. The lowest BCUT2D eigenvalue weighted by atomic mass is 10.1. The van der Waals surface area contributed by atoms with Crippen molar-refractivity contribution < 1.29 is 13.2 Å². The van der Waals surface area contributed by atoms with Crippen LogP contribution in [0, 0.1) is 6.92 Å². The van der Waals surface area contributed by atoms with Gasteiger partial charge >= 0.3 is 6.03 Å². The maximum atomic E-state index is 12.7. The monoisotopic (exact) mass is 389 g/mol. The van der Waals surface area contributed by atoms with Gasteiger partial charge in [-0.05, 0) is 62.6 Å². The highest BCUT2D eigenvalue weighted by atomic mass is 32.2. The van der Waals surface area contributed by atoms with Crippen molar-refractivity contribution in [3.63, 3.8) is 0 Å². The Morgan fingerprint density at radius 1 is 1.00 bits per heavy atom. The van der Waals surface area contributed by atoms with Gasteiger partial charge in [-0.1, -0.05) is 25.1 Å². The van der Waals surface area contributed by atoms with Crippen LogP contribution in [0.15, 0.2) is 47.4 Å². The van der Waals surface area contributed by atoms with Gasteiger partial charge in [0.25, 0.3) is 10.0 Å². The Morgan fingerprint density at radius 3 is 2.19 bits per heavy atom. The van der Waals surface area contributed by atoms with Gasteiger partial charge in [0.1, 0.15) is 0 Å². The SMILES string of the molecule is CCc1cccc(C)c1NS(=O)(=O)c1ccc(NC(=O)N(CC)CC)cc1. The van der Waals surface area contributed by atoms with Crippen LogP contribution in [0.25, 0.3) is 0 Å². The van der Waals surface area contributed by atoms with Gasteiger partial charge in [-0.15, -0.1) is 0 Å². The Kier molecular flexibility index (Phi) is 6.85. The molecule has 0 aliphatic heterocycles. The topological polar surface area (TPSA) is 78.5 Å². The summed E-state index contributed by atoms with van der Waals surface area (Å²) in [5.41, 5.74) is 3.00. The second kappa shape index (κ2) is 8.90. The molecule has 0 saturated heterocycles. The molecule has 6 nitrogen and oxygen atoms in total. The molecule has 0 bridgehead atoms. The first-order chi connectivity index (χ1) is 12.8. The van der Waals surface area contributed by atoms with Gasteiger partial charge in [0.15, 0.2) is 0 Å². The van der Waals surface area contributed by atoms with Crippen LogP contribution in [0.4, 0.5) is 16.2 Å². The third-order valence-corrected chi connectivity index (χ3v) is 5.81. The highest BCUT2D eigenvalue weighted by Crippen LogP contribution is 2.25. The number of nitrogens with zero attached hydrogens (tertiary/aromatic N) is 1. The van der Waals surface area contributed by atoms with Crippen LogP contribution >= 0.6 is 0 Å². The molecule has 146 valence electrons. The van der Waals surface area contributed by atoms with E-state index in [1.807, 2.05) is 45.9 Å². The van der Waals surface area contributed by atoms with Crippen molar-refractivity contribution >= 4 is 27.4 Å². The smallest absolute Gasteiger partial charge is 0.321 e. The van der Waals surface area contributed by atoms with Gasteiger partial charge in [-0.3, -0.25) is 4.72 Å². The number of anilines is 2. The largest absolute Gasteiger partial charge is 0.325 e. The maximum absolute atomic E-state index is 12.7. The summed E-state index contributed by atoms with van der Waals surface area (Å²) >= 11 is 0. The third kappa shape index (κ3) is 5.01. The number of hydrogen-bond donors (Lipinski definition) is 2. The minimum absolute atomic E-state index is 0.147. The molecular weight excluding hydrogens is 362 g/mol. The average Bonchev–Trinajstić information content (AvgIpc) is 2.64. The number of hydrogen-bond acceptors (Lipinski definition) is 3. The van der Waals surface area contributed by atoms with E-state index in [1.165, 1.54) is 12.1 Å². The lowest BCUT2D eigenvalue weighted by Crippen LogP contribution is -2.34. The van der Waals surface area contributed by atoms with E-state index in [4.69, 9.17) is 0 Å². The molecule has 0 aliphatic rings. The highest BCUT2D eigenvalue weighted by Gasteiger charge is 2.17. The molecule has 0 fully saturated rings. The first-order valence-corrected chi connectivity index (χ1v) is 10.6. The lowest BCUT2D eigenvalue weighted by molar-refractivity contribution is 0.217. The van der Waals surface area contributed by atoms with Gasteiger partial charge in [-0.25, -0.2) is 13.2 Å². The van der Waals surface area contributed by atoms with Crippen LogP contribution in [0.1, 0.15) is 31.9 Å². The first-order valence-electron chi connectivity index (χ1n) is 9.09. The first kappa shape index (κ1) is 20.8. The summed E-state index contributed by atoms with van der Waals surface area (Å²) in [6.07, 6.45) is 0.732. The fourth-order valence-corrected chi connectivity index (χ4v) is 3.97. The van der Waals surface area contributed by atoms with Crippen LogP contribution in [0.5, 0.6) is 0 Å². The molecule has 2 aromatic carbocycles. The summed E-state index contributed by atoms with van der Waals surface area (Å²) in [7, 11) is -3.71. The fraction of sp³-hybridized carbons (Fsp3) is 0.350. The zero-order valence-corrected chi connectivity index (χ0v) is 17.1. The van der Waals surface area contributed by atoms with E-state index in [-0.39, 0.29) is 10.9 Å². The molecule has 7 heteroatoms. The number of nitrogens with one attached hydrogen (secondary N) is 2. The molecule has 0 saturated carbocycles. The van der Waals surface area contributed by atoms with E-state index in [0.29, 0.717) is 24.5 Å². The maximum Gasteiger partial charge on any atom is 0.321 e. The molecule has 2 N–H and O–H groups in total. The molecule has 0 aliphatic carbocycles. The second-order valence-electron chi connectivity index (χ2n) is 6.19. The fourth-order valence-electron chi connectivity index (χ4n) is 2.79. The van der Waals surface area contributed by atoms with Crippen molar-refractivity contribution in [2.24, 2.45) is 0 Å². The summed E-state index contributed by atoms with van der Waals surface area (Å²) in [6.45, 7) is 8.88. The molecule has 2 aromatic rings. The molecule has 0 unspecified atom stereocenters. The van der Waals surface area contributed by atoms with E-state index >= 15 is 0 Å². The van der Waals surface area contributed by atoms with Crippen LogP contribution in [0.3, 0.4) is 0 Å². The molecular formula is C20H27N3O3S. The van der Waals surface area contributed by atoms with Gasteiger partial charge < -0.3 is 10.2 Å². The summed E-state index contributed by atoms with van der Waals surface area (Å²) in [5.74, 6) is 0. The summed E-state index contributed by atoms with van der Waals surface area (Å²) < 4.78 is 28.2. The van der Waals surface area contributed by atoms with Crippen LogP contribution in [-0.4, -0.2) is 32.4 Å². The number of amides is 2. The predicted molar refractivity (Wildman–Crippen MR) is 110 cm³/mol. The minimum atomic E-state index is -3.71. The van der Waals surface area contributed by atoms with Gasteiger partial charge in [0, 0.05) is 18.8 Å². The summed E-state index contributed by atoms with van der Waals surface area (Å²) in [6, 6.07) is 11.7. The standard InChI is InChI=1S/C20H27N3O3S/c1-5-16-10-8-9-15(4)19(16)22-27(25,26)18-13-11-17(12-14-18)21-20(24)23(6-2)7-3/h8-14,22H,5-7H2,1-4H3,(H,21,24). The van der Waals surface area contributed by atoms with Gasteiger partial charge in [0.05, 0.1) is 10.6 Å². The Balaban J connectivity index is 2.20. The van der Waals surface area contributed by atoms with E-state index in [9.17, 15) is 13.2 Å². The molecule has 0 radical (unpaired) electrons. The van der Waals surface area contributed by atoms with Crippen molar-refractivity contribution in [3.05, 3.63) is 53.6 Å². The number of aryl methyl sites for hydroxylation is 2. The average molecular weight is 390 g/mol. The Labute approximate surface area is 161 Å². The quantitative estimate of drug-likeness (QED) is 0.744. The Hall–Kier alpha value is -2.54. The number of sulfonamides is 1. The van der Waals surface area contributed by atoms with Crippen LogP contribution in [0.2, 0.25) is 0 Å². The summed E-state index contributed by atoms with van der Waals surface area (Å²) in [5, 5.41) is 2.77. The molecule has 0 atom stereocenters. The number of benzene rings is 2. The van der Waals surface area contributed by atoms with Crippen molar-refractivity contribution in [2.75, 3.05) is 23.1 Å². The van der Waals surface area contributed by atoms with Crippen molar-refractivity contribution in [3.8, 4) is 0 Å². The van der Waals surface area contributed by atoms with E-state index in [2.05, 4.69) is 10.0 Å². The normalized spacial score (nSPS) is 11.1. The predicted octanol–water partition coefficient (Wildman–Crippen LogP) is 4.23. The molecule has 0 heterocycles. The molecule has 2 rings (SSSR count). The zero-order valence-electron chi connectivity index (χ0n) is 16.2. The highest BCUT2D eigenvalue weighted by molar-refractivity contribution is 7.92. The van der Waals surface area contributed by atoms with E-state index < -0.39 is 10.0 Å².